The quantitative estimate of drug-likeness (QED) is 0.737. The van der Waals surface area contributed by atoms with Crippen molar-refractivity contribution in [2.75, 3.05) is 0 Å². The minimum atomic E-state index is -5.08. The molecule has 0 amide bonds. The summed E-state index contributed by atoms with van der Waals surface area (Å²) in [6.07, 6.45) is -0.995. The molecule has 1 unspecified atom stereocenters. The molecule has 0 heterocycles. The number of rotatable bonds is 0. The first-order valence-electron chi connectivity index (χ1n) is 4.65. The average Bonchev–Trinajstić information content (AvgIpc) is 2.61. The first kappa shape index (κ1) is 13.2. The number of nitrogens with two attached hydrogens (primary N) is 1. The summed E-state index contributed by atoms with van der Waals surface area (Å²) < 4.78 is 31.7. The van der Waals surface area contributed by atoms with Crippen molar-refractivity contribution in [1.82, 2.24) is 0 Å². The second-order valence-corrected chi connectivity index (χ2v) is 3.32. The lowest BCUT2D eigenvalue weighted by Gasteiger charge is -2.01. The van der Waals surface area contributed by atoms with Crippen molar-refractivity contribution in [2.24, 2.45) is 5.73 Å². The Morgan fingerprint density at radius 1 is 1.29 bits per heavy atom. The molecule has 0 aliphatic heterocycles. The van der Waals surface area contributed by atoms with E-state index in [1.54, 1.807) is 0 Å². The summed E-state index contributed by atoms with van der Waals surface area (Å²) in [6, 6.07) is 8.32. The Balaban J connectivity index is 0.000000185. The predicted octanol–water partition coefficient (Wildman–Crippen LogP) is 2.35. The number of hydrogen-bond donors (Lipinski definition) is 2. The van der Waals surface area contributed by atoms with Crippen LogP contribution in [0, 0.1) is 0 Å². The standard InChI is InChI=1S/C9H9N.C2HF3O2/c10-9-6-5-7-3-1-2-4-8(7)9;3-2(4,5)1(6)7/h1-6,9H,10H2;(H,6,7). The van der Waals surface area contributed by atoms with Gasteiger partial charge in [-0.25, -0.2) is 4.79 Å². The summed E-state index contributed by atoms with van der Waals surface area (Å²) in [5, 5.41) is 7.12. The maximum atomic E-state index is 10.6. The molecule has 0 fully saturated rings. The van der Waals surface area contributed by atoms with Crippen LogP contribution in [0.25, 0.3) is 6.08 Å². The molecule has 0 spiro atoms. The minimum Gasteiger partial charge on any atom is -0.475 e. The van der Waals surface area contributed by atoms with Crippen LogP contribution in [0.1, 0.15) is 17.2 Å². The summed E-state index contributed by atoms with van der Waals surface area (Å²) in [6.45, 7) is 0. The molecule has 92 valence electrons. The highest BCUT2D eigenvalue weighted by Crippen LogP contribution is 2.24. The van der Waals surface area contributed by atoms with E-state index in [9.17, 15) is 13.2 Å². The van der Waals surface area contributed by atoms with Crippen LogP contribution in [0.3, 0.4) is 0 Å². The molecule has 1 aromatic rings. The molecule has 17 heavy (non-hydrogen) atoms. The Hall–Kier alpha value is -1.82. The minimum absolute atomic E-state index is 0.121. The van der Waals surface area contributed by atoms with Gasteiger partial charge in [-0.2, -0.15) is 13.2 Å². The number of halogens is 3. The van der Waals surface area contributed by atoms with Crippen molar-refractivity contribution in [3.8, 4) is 0 Å². The number of aliphatic carboxylic acids is 1. The second-order valence-electron chi connectivity index (χ2n) is 3.32. The van der Waals surface area contributed by atoms with E-state index in [0.29, 0.717) is 0 Å². The van der Waals surface area contributed by atoms with E-state index in [0.717, 1.165) is 0 Å². The van der Waals surface area contributed by atoms with Crippen molar-refractivity contribution in [2.45, 2.75) is 12.2 Å². The fourth-order valence-electron chi connectivity index (χ4n) is 1.28. The van der Waals surface area contributed by atoms with Crippen LogP contribution >= 0.6 is 0 Å². The van der Waals surface area contributed by atoms with E-state index < -0.39 is 12.1 Å². The van der Waals surface area contributed by atoms with Gasteiger partial charge in [-0.1, -0.05) is 36.4 Å². The third-order valence-corrected chi connectivity index (χ3v) is 2.08. The number of hydrogen-bond acceptors (Lipinski definition) is 2. The molecule has 0 saturated heterocycles. The second kappa shape index (κ2) is 5.01. The molecule has 0 radical (unpaired) electrons. The molecule has 0 saturated carbocycles. The molecule has 1 atom stereocenters. The summed E-state index contributed by atoms with van der Waals surface area (Å²) >= 11 is 0. The smallest absolute Gasteiger partial charge is 0.475 e. The molecule has 1 aliphatic carbocycles. The van der Waals surface area contributed by atoms with Gasteiger partial charge in [-0.05, 0) is 11.1 Å². The summed E-state index contributed by atoms with van der Waals surface area (Å²) in [5.41, 5.74) is 8.26. The molecule has 3 N–H and O–H groups in total. The molecule has 2 rings (SSSR count). The highest BCUT2D eigenvalue weighted by Gasteiger charge is 2.38. The molecule has 1 aromatic carbocycles. The van der Waals surface area contributed by atoms with Crippen molar-refractivity contribution >= 4 is 12.0 Å². The lowest BCUT2D eigenvalue weighted by Crippen LogP contribution is -2.21. The topological polar surface area (TPSA) is 63.3 Å². The van der Waals surface area contributed by atoms with Gasteiger partial charge in [0.25, 0.3) is 0 Å². The molecular weight excluding hydrogens is 235 g/mol. The summed E-state index contributed by atoms with van der Waals surface area (Å²) in [7, 11) is 0. The Labute approximate surface area is 95.4 Å². The fraction of sp³-hybridized carbons (Fsp3) is 0.182. The van der Waals surface area contributed by atoms with Crippen LogP contribution in [0.4, 0.5) is 13.2 Å². The molecule has 0 aromatic heterocycles. The van der Waals surface area contributed by atoms with Crippen molar-refractivity contribution in [1.29, 1.82) is 0 Å². The molecular formula is C11H10F3NO2. The number of carbonyl (C=O) groups is 1. The highest BCUT2D eigenvalue weighted by atomic mass is 19.4. The number of alkyl halides is 3. The first-order valence-corrected chi connectivity index (χ1v) is 4.65. The monoisotopic (exact) mass is 245 g/mol. The average molecular weight is 245 g/mol. The summed E-state index contributed by atoms with van der Waals surface area (Å²) in [5.74, 6) is -2.76. The van der Waals surface area contributed by atoms with Gasteiger partial charge in [0, 0.05) is 6.04 Å². The van der Waals surface area contributed by atoms with Gasteiger partial charge >= 0.3 is 12.1 Å². The van der Waals surface area contributed by atoms with E-state index in [4.69, 9.17) is 15.6 Å². The molecule has 6 heteroatoms. The number of carboxylic acid groups (broad SMARTS) is 1. The van der Waals surface area contributed by atoms with Gasteiger partial charge in [-0.15, -0.1) is 0 Å². The Kier molecular flexibility index (Phi) is 3.90. The number of benzene rings is 1. The van der Waals surface area contributed by atoms with Gasteiger partial charge in [0.15, 0.2) is 0 Å². The van der Waals surface area contributed by atoms with Crippen LogP contribution in [0.2, 0.25) is 0 Å². The van der Waals surface area contributed by atoms with E-state index in [1.807, 2.05) is 18.2 Å². The maximum absolute atomic E-state index is 10.6. The zero-order valence-electron chi connectivity index (χ0n) is 8.61. The van der Waals surface area contributed by atoms with Crippen LogP contribution in [0.5, 0.6) is 0 Å². The lowest BCUT2D eigenvalue weighted by molar-refractivity contribution is -0.192. The predicted molar refractivity (Wildman–Crippen MR) is 56.1 cm³/mol. The van der Waals surface area contributed by atoms with Crippen molar-refractivity contribution in [3.63, 3.8) is 0 Å². The van der Waals surface area contributed by atoms with Crippen LogP contribution in [0.15, 0.2) is 30.3 Å². The van der Waals surface area contributed by atoms with E-state index in [-0.39, 0.29) is 6.04 Å². The van der Waals surface area contributed by atoms with Crippen molar-refractivity contribution < 1.29 is 23.1 Å². The van der Waals surface area contributed by atoms with Gasteiger partial charge in [0.2, 0.25) is 0 Å². The van der Waals surface area contributed by atoms with Gasteiger partial charge in [-0.3, -0.25) is 0 Å². The summed E-state index contributed by atoms with van der Waals surface area (Å²) in [4.78, 5) is 8.90. The largest absolute Gasteiger partial charge is 0.490 e. The Morgan fingerprint density at radius 3 is 2.29 bits per heavy atom. The van der Waals surface area contributed by atoms with Crippen LogP contribution in [-0.4, -0.2) is 17.3 Å². The third-order valence-electron chi connectivity index (χ3n) is 2.08. The van der Waals surface area contributed by atoms with Crippen LogP contribution < -0.4 is 5.73 Å². The molecule has 3 nitrogen and oxygen atoms in total. The molecule has 0 bridgehead atoms. The zero-order valence-corrected chi connectivity index (χ0v) is 8.61. The van der Waals surface area contributed by atoms with Gasteiger partial charge in [0.05, 0.1) is 0 Å². The fourth-order valence-corrected chi connectivity index (χ4v) is 1.28. The Morgan fingerprint density at radius 2 is 1.82 bits per heavy atom. The van der Waals surface area contributed by atoms with Gasteiger partial charge < -0.3 is 10.8 Å². The number of fused-ring (bicyclic) bond motifs is 1. The van der Waals surface area contributed by atoms with Crippen molar-refractivity contribution in [3.05, 3.63) is 41.5 Å². The van der Waals surface area contributed by atoms with E-state index >= 15 is 0 Å². The van der Waals surface area contributed by atoms with Gasteiger partial charge in [0.1, 0.15) is 0 Å². The normalized spacial score (nSPS) is 17.1. The molecule has 1 aliphatic rings. The van der Waals surface area contributed by atoms with E-state index in [1.165, 1.54) is 11.1 Å². The number of carboxylic acids is 1. The maximum Gasteiger partial charge on any atom is 0.490 e. The van der Waals surface area contributed by atoms with E-state index in [2.05, 4.69) is 18.2 Å². The van der Waals surface area contributed by atoms with Crippen LogP contribution in [-0.2, 0) is 4.79 Å². The Bertz CT molecular complexity index is 441. The third kappa shape index (κ3) is 3.60. The zero-order chi connectivity index (χ0) is 13.1. The lowest BCUT2D eigenvalue weighted by atomic mass is 10.1. The highest BCUT2D eigenvalue weighted by molar-refractivity contribution is 5.73. The first-order chi connectivity index (χ1) is 7.82. The SMILES string of the molecule is NC1C=Cc2ccccc21.O=C(O)C(F)(F)F.